The average molecular weight is 339 g/mol. The summed E-state index contributed by atoms with van der Waals surface area (Å²) in [4.78, 5) is 11.0. The predicted molar refractivity (Wildman–Crippen MR) is 80.8 cm³/mol. The van der Waals surface area contributed by atoms with Gasteiger partial charge in [-0.3, -0.25) is 4.79 Å². The molecule has 0 aliphatic rings. The topological polar surface area (TPSA) is 118 Å². The van der Waals surface area contributed by atoms with Gasteiger partial charge < -0.3 is 5.11 Å². The SMILES string of the molecule is CC(CN(C)S(=O)(=O)c1cccc(-c2nnnn2C)c1)C(=O)O. The molecule has 0 aliphatic carbocycles. The summed E-state index contributed by atoms with van der Waals surface area (Å²) in [6, 6.07) is 6.20. The lowest BCUT2D eigenvalue weighted by Gasteiger charge is -2.19. The molecule has 0 bridgehead atoms. The van der Waals surface area contributed by atoms with Crippen LogP contribution >= 0.6 is 0 Å². The van der Waals surface area contributed by atoms with Crippen LogP contribution in [0.1, 0.15) is 6.92 Å². The lowest BCUT2D eigenvalue weighted by molar-refractivity contribution is -0.141. The lowest BCUT2D eigenvalue weighted by Crippen LogP contribution is -2.33. The molecule has 10 heteroatoms. The smallest absolute Gasteiger partial charge is 0.307 e. The fourth-order valence-electron chi connectivity index (χ4n) is 2.01. The highest BCUT2D eigenvalue weighted by Gasteiger charge is 2.25. The van der Waals surface area contributed by atoms with E-state index in [1.807, 2.05) is 0 Å². The van der Waals surface area contributed by atoms with E-state index >= 15 is 0 Å². The lowest BCUT2D eigenvalue weighted by atomic mass is 10.2. The van der Waals surface area contributed by atoms with Crippen molar-refractivity contribution in [1.29, 1.82) is 0 Å². The molecule has 124 valence electrons. The van der Waals surface area contributed by atoms with E-state index in [9.17, 15) is 13.2 Å². The van der Waals surface area contributed by atoms with Crippen LogP contribution in [-0.2, 0) is 21.9 Å². The van der Waals surface area contributed by atoms with Crippen LogP contribution in [0.15, 0.2) is 29.2 Å². The number of aromatic nitrogens is 4. The molecule has 1 heterocycles. The number of benzene rings is 1. The number of tetrazole rings is 1. The van der Waals surface area contributed by atoms with E-state index in [-0.39, 0.29) is 11.4 Å². The molecule has 0 amide bonds. The number of hydrogen-bond donors (Lipinski definition) is 1. The normalized spacial score (nSPS) is 13.2. The second kappa shape index (κ2) is 6.42. The third-order valence-electron chi connectivity index (χ3n) is 3.37. The van der Waals surface area contributed by atoms with Gasteiger partial charge >= 0.3 is 5.97 Å². The van der Waals surface area contributed by atoms with Crippen molar-refractivity contribution < 1.29 is 18.3 Å². The van der Waals surface area contributed by atoms with Crippen molar-refractivity contribution in [3.8, 4) is 11.4 Å². The fourth-order valence-corrected chi connectivity index (χ4v) is 3.32. The van der Waals surface area contributed by atoms with Gasteiger partial charge in [0.15, 0.2) is 5.82 Å². The molecule has 1 N–H and O–H groups in total. The first-order valence-electron chi connectivity index (χ1n) is 6.75. The second-order valence-electron chi connectivity index (χ2n) is 5.18. The van der Waals surface area contributed by atoms with Crippen molar-refractivity contribution in [2.75, 3.05) is 13.6 Å². The maximum Gasteiger partial charge on any atom is 0.307 e. The van der Waals surface area contributed by atoms with Crippen molar-refractivity contribution in [2.24, 2.45) is 13.0 Å². The number of hydrogen-bond acceptors (Lipinski definition) is 6. The van der Waals surface area contributed by atoms with Crippen molar-refractivity contribution in [1.82, 2.24) is 24.5 Å². The van der Waals surface area contributed by atoms with Crippen LogP contribution in [0.4, 0.5) is 0 Å². The highest BCUT2D eigenvalue weighted by atomic mass is 32.2. The molecule has 0 spiro atoms. The van der Waals surface area contributed by atoms with E-state index in [1.165, 1.54) is 30.8 Å². The van der Waals surface area contributed by atoms with Crippen molar-refractivity contribution in [3.63, 3.8) is 0 Å². The molecule has 0 saturated heterocycles. The summed E-state index contributed by atoms with van der Waals surface area (Å²) >= 11 is 0. The minimum Gasteiger partial charge on any atom is -0.481 e. The van der Waals surface area contributed by atoms with Crippen LogP contribution in [0, 0.1) is 5.92 Å². The maximum absolute atomic E-state index is 12.6. The minimum atomic E-state index is -3.80. The van der Waals surface area contributed by atoms with E-state index < -0.39 is 21.9 Å². The first-order chi connectivity index (χ1) is 10.7. The number of carbonyl (C=O) groups is 1. The molecule has 0 aliphatic heterocycles. The van der Waals surface area contributed by atoms with Gasteiger partial charge in [-0.25, -0.2) is 17.4 Å². The van der Waals surface area contributed by atoms with Crippen LogP contribution < -0.4 is 0 Å². The Bertz CT molecular complexity index is 817. The molecule has 0 radical (unpaired) electrons. The Morgan fingerprint density at radius 2 is 2.13 bits per heavy atom. The van der Waals surface area contributed by atoms with Gasteiger partial charge in [0, 0.05) is 26.2 Å². The van der Waals surface area contributed by atoms with Crippen molar-refractivity contribution in [2.45, 2.75) is 11.8 Å². The largest absolute Gasteiger partial charge is 0.481 e. The van der Waals surface area contributed by atoms with Gasteiger partial charge in [0.1, 0.15) is 0 Å². The highest BCUT2D eigenvalue weighted by molar-refractivity contribution is 7.89. The van der Waals surface area contributed by atoms with Crippen molar-refractivity contribution in [3.05, 3.63) is 24.3 Å². The van der Waals surface area contributed by atoms with Gasteiger partial charge in [0.2, 0.25) is 10.0 Å². The molecule has 0 saturated carbocycles. The summed E-state index contributed by atoms with van der Waals surface area (Å²) < 4.78 is 27.6. The molecule has 0 fully saturated rings. The zero-order valence-electron chi connectivity index (χ0n) is 12.9. The Balaban J connectivity index is 2.34. The van der Waals surface area contributed by atoms with E-state index in [0.29, 0.717) is 11.4 Å². The summed E-state index contributed by atoms with van der Waals surface area (Å²) in [5.41, 5.74) is 0.554. The third-order valence-corrected chi connectivity index (χ3v) is 5.19. The minimum absolute atomic E-state index is 0.0538. The van der Waals surface area contributed by atoms with Crippen LogP contribution in [0.3, 0.4) is 0 Å². The Kier molecular flexibility index (Phi) is 4.76. The van der Waals surface area contributed by atoms with Crippen LogP contribution in [0.25, 0.3) is 11.4 Å². The maximum atomic E-state index is 12.6. The number of carboxylic acids is 1. The standard InChI is InChI=1S/C13H17N5O4S/c1-9(13(19)20)8-17(2)23(21,22)11-6-4-5-10(7-11)12-14-15-16-18(12)3/h4-7,9H,8H2,1-3H3,(H,19,20). The average Bonchev–Trinajstić information content (AvgIpc) is 2.93. The molecule has 1 unspecified atom stereocenters. The van der Waals surface area contributed by atoms with Gasteiger partial charge in [-0.15, -0.1) is 5.10 Å². The summed E-state index contributed by atoms with van der Waals surface area (Å²) in [5.74, 6) is -1.42. The van der Waals surface area contributed by atoms with Gasteiger partial charge in [-0.05, 0) is 22.6 Å². The van der Waals surface area contributed by atoms with E-state index in [1.54, 1.807) is 19.2 Å². The predicted octanol–water partition coefficient (Wildman–Crippen LogP) is 0.218. The zero-order valence-corrected chi connectivity index (χ0v) is 13.7. The molecular formula is C13H17N5O4S. The summed E-state index contributed by atoms with van der Waals surface area (Å²) in [7, 11) is -0.799. The van der Waals surface area contributed by atoms with Gasteiger partial charge in [-0.2, -0.15) is 0 Å². The Labute approximate surface area is 133 Å². The molecule has 1 aromatic carbocycles. The number of aryl methyl sites for hydroxylation is 1. The highest BCUT2D eigenvalue weighted by Crippen LogP contribution is 2.22. The number of carboxylic acid groups (broad SMARTS) is 1. The Morgan fingerprint density at radius 1 is 1.43 bits per heavy atom. The molecule has 1 atom stereocenters. The van der Waals surface area contributed by atoms with E-state index in [0.717, 1.165) is 4.31 Å². The molecule has 2 rings (SSSR count). The number of aliphatic carboxylic acids is 1. The first-order valence-corrected chi connectivity index (χ1v) is 8.19. The monoisotopic (exact) mass is 339 g/mol. The Morgan fingerprint density at radius 3 is 2.70 bits per heavy atom. The first kappa shape index (κ1) is 17.0. The number of nitrogens with zero attached hydrogens (tertiary/aromatic N) is 5. The number of rotatable bonds is 6. The van der Waals surface area contributed by atoms with Gasteiger partial charge in [0.25, 0.3) is 0 Å². The summed E-state index contributed by atoms with van der Waals surface area (Å²) in [6.45, 7) is 1.34. The van der Waals surface area contributed by atoms with Crippen LogP contribution in [-0.4, -0.2) is 57.6 Å². The van der Waals surface area contributed by atoms with E-state index in [4.69, 9.17) is 5.11 Å². The summed E-state index contributed by atoms with van der Waals surface area (Å²) in [6.07, 6.45) is 0. The summed E-state index contributed by atoms with van der Waals surface area (Å²) in [5, 5.41) is 20.0. The van der Waals surface area contributed by atoms with Gasteiger partial charge in [-0.1, -0.05) is 19.1 Å². The van der Waals surface area contributed by atoms with Crippen molar-refractivity contribution >= 4 is 16.0 Å². The van der Waals surface area contributed by atoms with Crippen LogP contribution in [0.5, 0.6) is 0 Å². The second-order valence-corrected chi connectivity index (χ2v) is 7.22. The quantitative estimate of drug-likeness (QED) is 0.799. The molecule has 9 nitrogen and oxygen atoms in total. The molecule has 23 heavy (non-hydrogen) atoms. The Hall–Kier alpha value is -2.33. The van der Waals surface area contributed by atoms with Crippen LogP contribution in [0.2, 0.25) is 0 Å². The molecule has 1 aromatic heterocycles. The molecular weight excluding hydrogens is 322 g/mol. The van der Waals surface area contributed by atoms with Gasteiger partial charge in [0.05, 0.1) is 10.8 Å². The zero-order chi connectivity index (χ0) is 17.2. The number of sulfonamides is 1. The molecule has 2 aromatic rings. The van der Waals surface area contributed by atoms with E-state index in [2.05, 4.69) is 15.5 Å². The third kappa shape index (κ3) is 3.54. The fraction of sp³-hybridized carbons (Fsp3) is 0.385.